The van der Waals surface area contributed by atoms with Crippen molar-refractivity contribution < 1.29 is 14.7 Å². The van der Waals surface area contributed by atoms with E-state index in [-0.39, 0.29) is 18.4 Å². The van der Waals surface area contributed by atoms with Gasteiger partial charge in [-0.1, -0.05) is 84.6 Å². The number of fused-ring (bicyclic) bond motifs is 1. The molecule has 1 aromatic heterocycles. The average Bonchev–Trinajstić information content (AvgIpc) is 3.68. The predicted octanol–water partition coefficient (Wildman–Crippen LogP) is 5.43. The molecule has 0 aliphatic heterocycles. The molecule has 1 saturated carbocycles. The van der Waals surface area contributed by atoms with Gasteiger partial charge in [0.1, 0.15) is 6.54 Å². The highest BCUT2D eigenvalue weighted by Gasteiger charge is 2.36. The van der Waals surface area contributed by atoms with Crippen LogP contribution in [-0.4, -0.2) is 49.8 Å². The number of benzene rings is 3. The number of hydrogen-bond donors (Lipinski definition) is 1. The first kappa shape index (κ1) is 24.1. The Morgan fingerprint density at radius 1 is 0.944 bits per heavy atom. The van der Waals surface area contributed by atoms with Crippen molar-refractivity contribution in [1.29, 1.82) is 0 Å². The third kappa shape index (κ3) is 5.46. The van der Waals surface area contributed by atoms with Crippen molar-refractivity contribution in [3.63, 3.8) is 0 Å². The Bertz CT molecular complexity index is 1300. The Morgan fingerprint density at radius 2 is 1.56 bits per heavy atom. The van der Waals surface area contributed by atoms with Crippen LogP contribution in [0.25, 0.3) is 11.0 Å². The van der Waals surface area contributed by atoms with Crippen LogP contribution in [0.15, 0.2) is 90.1 Å². The summed E-state index contributed by atoms with van der Waals surface area (Å²) in [5.41, 5.74) is 3.64. The van der Waals surface area contributed by atoms with E-state index in [9.17, 15) is 14.7 Å². The quantitative estimate of drug-likeness (QED) is 0.220. The van der Waals surface area contributed by atoms with E-state index in [1.807, 2.05) is 84.9 Å². The van der Waals surface area contributed by atoms with Crippen LogP contribution in [-0.2, 0) is 16.1 Å². The molecule has 6 nitrogen and oxygen atoms in total. The van der Waals surface area contributed by atoms with E-state index in [4.69, 9.17) is 0 Å². The van der Waals surface area contributed by atoms with Crippen molar-refractivity contribution in [2.75, 3.05) is 12.3 Å². The SMILES string of the molecule is O=C(O)Cn1c(SCCCN(C(=O)C(c2ccccc2)c2ccccc2)C2CC2)nc2ccccc21. The Morgan fingerprint density at radius 3 is 2.17 bits per heavy atom. The fourth-order valence-corrected chi connectivity index (χ4v) is 5.58. The summed E-state index contributed by atoms with van der Waals surface area (Å²) in [6.45, 7) is 0.553. The van der Waals surface area contributed by atoms with Gasteiger partial charge in [-0.3, -0.25) is 9.59 Å². The standard InChI is InChI=1S/C29H29N3O3S/c33-26(34)20-32-25-15-8-7-14-24(25)30-29(32)36-19-9-18-31(23-16-17-23)28(35)27(21-10-3-1-4-11-21)22-12-5-2-6-13-22/h1-8,10-15,23,27H,9,16-20H2,(H,33,34). The second kappa shape index (κ2) is 11.0. The number of carboxylic acids is 1. The van der Waals surface area contributed by atoms with E-state index in [1.165, 1.54) is 0 Å². The van der Waals surface area contributed by atoms with Gasteiger partial charge in [-0.15, -0.1) is 0 Å². The third-order valence-electron chi connectivity index (χ3n) is 6.47. The molecule has 0 radical (unpaired) electrons. The summed E-state index contributed by atoms with van der Waals surface area (Å²) in [6, 6.07) is 27.9. The van der Waals surface area contributed by atoms with Crippen molar-refractivity contribution in [3.05, 3.63) is 96.1 Å². The maximum Gasteiger partial charge on any atom is 0.323 e. The number of para-hydroxylation sites is 2. The fourth-order valence-electron chi connectivity index (χ4n) is 4.64. The Balaban J connectivity index is 1.29. The molecule has 1 heterocycles. The van der Waals surface area contributed by atoms with Crippen LogP contribution in [0, 0.1) is 0 Å². The van der Waals surface area contributed by atoms with E-state index >= 15 is 0 Å². The molecule has 7 heteroatoms. The van der Waals surface area contributed by atoms with E-state index in [2.05, 4.69) is 9.88 Å². The smallest absolute Gasteiger partial charge is 0.323 e. The number of rotatable bonds is 11. The summed E-state index contributed by atoms with van der Waals surface area (Å²) in [5, 5.41) is 10.1. The number of aromatic nitrogens is 2. The molecule has 1 aliphatic carbocycles. The van der Waals surface area contributed by atoms with Gasteiger partial charge in [-0.2, -0.15) is 0 Å². The number of carbonyl (C=O) groups is 2. The van der Waals surface area contributed by atoms with Crippen LogP contribution in [0.2, 0.25) is 0 Å². The molecule has 1 aliphatic rings. The summed E-state index contributed by atoms with van der Waals surface area (Å²) in [6.07, 6.45) is 2.90. The molecule has 1 fully saturated rings. The van der Waals surface area contributed by atoms with Gasteiger partial charge in [0, 0.05) is 18.3 Å². The van der Waals surface area contributed by atoms with Crippen LogP contribution in [0.1, 0.15) is 36.3 Å². The number of thioether (sulfide) groups is 1. The van der Waals surface area contributed by atoms with Gasteiger partial charge in [0.25, 0.3) is 0 Å². The molecule has 0 atom stereocenters. The van der Waals surface area contributed by atoms with Crippen LogP contribution in [0.4, 0.5) is 0 Å². The van der Waals surface area contributed by atoms with E-state index in [0.717, 1.165) is 47.2 Å². The largest absolute Gasteiger partial charge is 0.480 e. The Kier molecular flexibility index (Phi) is 7.37. The number of nitrogens with zero attached hydrogens (tertiary/aromatic N) is 3. The van der Waals surface area contributed by atoms with E-state index in [0.29, 0.717) is 17.7 Å². The monoisotopic (exact) mass is 499 g/mol. The molecule has 0 unspecified atom stereocenters. The summed E-state index contributed by atoms with van der Waals surface area (Å²) >= 11 is 1.55. The van der Waals surface area contributed by atoms with Crippen molar-refractivity contribution in [2.45, 2.75) is 42.9 Å². The average molecular weight is 500 g/mol. The van der Waals surface area contributed by atoms with Crippen molar-refractivity contribution in [1.82, 2.24) is 14.5 Å². The number of carbonyl (C=O) groups excluding carboxylic acids is 1. The van der Waals surface area contributed by atoms with Gasteiger partial charge in [-0.25, -0.2) is 4.98 Å². The first-order chi connectivity index (χ1) is 17.6. The topological polar surface area (TPSA) is 75.4 Å². The van der Waals surface area contributed by atoms with Gasteiger partial charge in [0.2, 0.25) is 5.91 Å². The van der Waals surface area contributed by atoms with Gasteiger partial charge in [-0.05, 0) is 42.5 Å². The minimum absolute atomic E-state index is 0.120. The summed E-state index contributed by atoms with van der Waals surface area (Å²) in [5.74, 6) is -0.308. The lowest BCUT2D eigenvalue weighted by atomic mass is 9.90. The molecule has 36 heavy (non-hydrogen) atoms. The molecule has 0 bridgehead atoms. The van der Waals surface area contributed by atoms with Crippen molar-refractivity contribution >= 4 is 34.7 Å². The summed E-state index contributed by atoms with van der Waals surface area (Å²) < 4.78 is 1.76. The molecule has 3 aromatic carbocycles. The number of carboxylic acid groups (broad SMARTS) is 1. The fraction of sp³-hybridized carbons (Fsp3) is 0.276. The molecule has 184 valence electrons. The zero-order chi connectivity index (χ0) is 24.9. The summed E-state index contributed by atoms with van der Waals surface area (Å²) in [4.78, 5) is 32.1. The Hall–Kier alpha value is -3.58. The summed E-state index contributed by atoms with van der Waals surface area (Å²) in [7, 11) is 0. The number of hydrogen-bond acceptors (Lipinski definition) is 4. The van der Waals surface area contributed by atoms with Gasteiger partial charge in [0.15, 0.2) is 5.16 Å². The van der Waals surface area contributed by atoms with E-state index in [1.54, 1.807) is 16.3 Å². The molecular formula is C29H29N3O3S. The van der Waals surface area contributed by atoms with Crippen LogP contribution in [0.5, 0.6) is 0 Å². The molecule has 4 aromatic rings. The second-order valence-corrected chi connectivity index (χ2v) is 10.1. The van der Waals surface area contributed by atoms with Crippen LogP contribution < -0.4 is 0 Å². The van der Waals surface area contributed by atoms with Gasteiger partial charge in [0.05, 0.1) is 17.0 Å². The van der Waals surface area contributed by atoms with Crippen LogP contribution in [0.3, 0.4) is 0 Å². The lowest BCUT2D eigenvalue weighted by Crippen LogP contribution is -2.38. The van der Waals surface area contributed by atoms with E-state index < -0.39 is 5.97 Å². The number of aliphatic carboxylic acids is 1. The second-order valence-electron chi connectivity index (χ2n) is 9.08. The molecule has 1 N–H and O–H groups in total. The Labute approximate surface area is 215 Å². The number of amides is 1. The maximum absolute atomic E-state index is 13.9. The first-order valence-electron chi connectivity index (χ1n) is 12.3. The maximum atomic E-state index is 13.9. The minimum Gasteiger partial charge on any atom is -0.480 e. The highest BCUT2D eigenvalue weighted by molar-refractivity contribution is 7.99. The lowest BCUT2D eigenvalue weighted by molar-refractivity contribution is -0.137. The van der Waals surface area contributed by atoms with Crippen LogP contribution >= 0.6 is 11.8 Å². The van der Waals surface area contributed by atoms with Gasteiger partial charge >= 0.3 is 5.97 Å². The normalized spacial score (nSPS) is 13.2. The minimum atomic E-state index is -0.890. The van der Waals surface area contributed by atoms with Crippen molar-refractivity contribution in [3.8, 4) is 0 Å². The first-order valence-corrected chi connectivity index (χ1v) is 13.3. The molecule has 1 amide bonds. The third-order valence-corrected chi connectivity index (χ3v) is 7.53. The lowest BCUT2D eigenvalue weighted by Gasteiger charge is -2.28. The highest BCUT2D eigenvalue weighted by Crippen LogP contribution is 2.34. The van der Waals surface area contributed by atoms with Gasteiger partial charge < -0.3 is 14.6 Å². The predicted molar refractivity (Wildman–Crippen MR) is 142 cm³/mol. The highest BCUT2D eigenvalue weighted by atomic mass is 32.2. The number of imidazole rings is 1. The zero-order valence-electron chi connectivity index (χ0n) is 20.0. The molecule has 0 spiro atoms. The molecular weight excluding hydrogens is 470 g/mol. The zero-order valence-corrected chi connectivity index (χ0v) is 20.8. The molecule has 0 saturated heterocycles. The molecule has 5 rings (SSSR count). The van der Waals surface area contributed by atoms with Crippen molar-refractivity contribution in [2.24, 2.45) is 0 Å².